The number of hydrogen-bond donors (Lipinski definition) is 2. The molecule has 3 atom stereocenters. The Morgan fingerprint density at radius 3 is 2.38 bits per heavy atom. The van der Waals surface area contributed by atoms with Crippen LogP contribution in [0.3, 0.4) is 0 Å². The fraction of sp³-hybridized carbons (Fsp3) is 0.500. The van der Waals surface area contributed by atoms with Crippen LogP contribution in [0.1, 0.15) is 74.1 Å². The van der Waals surface area contributed by atoms with Crippen LogP contribution in [0, 0.1) is 0 Å². The first kappa shape index (κ1) is 28.0. The highest BCUT2D eigenvalue weighted by atomic mass is 32.2. The van der Waals surface area contributed by atoms with Crippen LogP contribution in [-0.4, -0.2) is 70.4 Å². The smallest absolute Gasteiger partial charge is 0.324 e. The molecule has 0 radical (unpaired) electrons. The van der Waals surface area contributed by atoms with Crippen molar-refractivity contribution in [3.63, 3.8) is 0 Å². The second kappa shape index (κ2) is 10.4. The maximum absolute atomic E-state index is 14.2. The van der Waals surface area contributed by atoms with Gasteiger partial charge in [-0.05, 0) is 104 Å². The third kappa shape index (κ3) is 4.41. The van der Waals surface area contributed by atoms with Gasteiger partial charge >= 0.3 is 5.97 Å². The van der Waals surface area contributed by atoms with Crippen molar-refractivity contribution in [2.75, 3.05) is 19.6 Å². The minimum Gasteiger partial charge on any atom is -0.480 e. The highest BCUT2D eigenvalue weighted by molar-refractivity contribution is 7.93. The van der Waals surface area contributed by atoms with E-state index < -0.39 is 32.2 Å². The zero-order valence-corrected chi connectivity index (χ0v) is 24.9. The molecule has 222 valence electrons. The number of aliphatic carboxylic acids is 1. The molecule has 0 amide bonds. The Morgan fingerprint density at radius 2 is 1.64 bits per heavy atom. The molecule has 8 heteroatoms. The summed E-state index contributed by atoms with van der Waals surface area (Å²) in [7, 11) is -4.01. The summed E-state index contributed by atoms with van der Waals surface area (Å²) in [5, 5.41) is 24.6. The molecule has 3 aromatic carbocycles. The largest absolute Gasteiger partial charge is 0.480 e. The van der Waals surface area contributed by atoms with E-state index in [4.69, 9.17) is 0 Å². The fourth-order valence-electron chi connectivity index (χ4n) is 8.27. The third-order valence-electron chi connectivity index (χ3n) is 10.6. The predicted molar refractivity (Wildman–Crippen MR) is 162 cm³/mol. The minimum atomic E-state index is -4.01. The van der Waals surface area contributed by atoms with Gasteiger partial charge in [-0.15, -0.1) is 0 Å². The van der Waals surface area contributed by atoms with Crippen molar-refractivity contribution in [1.82, 2.24) is 9.80 Å². The Kier molecular flexibility index (Phi) is 6.96. The van der Waals surface area contributed by atoms with Gasteiger partial charge in [0.15, 0.2) is 9.84 Å². The molecule has 2 saturated heterocycles. The molecule has 1 saturated carbocycles. The molecule has 3 fully saturated rings. The van der Waals surface area contributed by atoms with Crippen LogP contribution in [0.2, 0.25) is 0 Å². The maximum atomic E-state index is 14.2. The van der Waals surface area contributed by atoms with Gasteiger partial charge in [0.2, 0.25) is 0 Å². The number of nitrogens with zero attached hydrogens (tertiary/aromatic N) is 2. The van der Waals surface area contributed by atoms with Crippen molar-refractivity contribution < 1.29 is 23.4 Å². The van der Waals surface area contributed by atoms with Gasteiger partial charge in [-0.1, -0.05) is 55.0 Å². The van der Waals surface area contributed by atoms with Gasteiger partial charge in [0.25, 0.3) is 0 Å². The summed E-state index contributed by atoms with van der Waals surface area (Å²) in [4.78, 5) is 17.5. The summed E-state index contributed by atoms with van der Waals surface area (Å²) >= 11 is 0. The summed E-state index contributed by atoms with van der Waals surface area (Å²) in [6.07, 6.45) is 7.13. The molecule has 1 unspecified atom stereocenters. The lowest BCUT2D eigenvalue weighted by molar-refractivity contribution is -0.151. The highest BCUT2D eigenvalue weighted by Gasteiger charge is 2.74. The molecule has 42 heavy (non-hydrogen) atoms. The van der Waals surface area contributed by atoms with Crippen molar-refractivity contribution >= 4 is 26.6 Å². The van der Waals surface area contributed by atoms with Crippen LogP contribution in [0.25, 0.3) is 10.8 Å². The first-order valence-corrected chi connectivity index (χ1v) is 17.0. The van der Waals surface area contributed by atoms with Gasteiger partial charge in [0, 0.05) is 19.1 Å². The molecule has 2 N–H and O–H groups in total. The lowest BCUT2D eigenvalue weighted by Gasteiger charge is -2.41. The van der Waals surface area contributed by atoms with Crippen LogP contribution < -0.4 is 0 Å². The lowest BCUT2D eigenvalue weighted by atomic mass is 9.83. The average molecular weight is 589 g/mol. The van der Waals surface area contributed by atoms with E-state index in [1.165, 1.54) is 30.4 Å². The summed E-state index contributed by atoms with van der Waals surface area (Å²) in [6, 6.07) is 17.8. The molecule has 0 aromatic heterocycles. The van der Waals surface area contributed by atoms with Gasteiger partial charge in [0.05, 0.1) is 4.90 Å². The van der Waals surface area contributed by atoms with Crippen molar-refractivity contribution in [2.24, 2.45) is 0 Å². The van der Waals surface area contributed by atoms with E-state index in [0.717, 1.165) is 55.2 Å². The van der Waals surface area contributed by atoms with Gasteiger partial charge in [-0.2, -0.15) is 0 Å². The van der Waals surface area contributed by atoms with Gasteiger partial charge < -0.3 is 10.2 Å². The monoisotopic (exact) mass is 588 g/mol. The summed E-state index contributed by atoms with van der Waals surface area (Å²) in [6.45, 7) is 3.56. The molecule has 4 aliphatic rings. The summed E-state index contributed by atoms with van der Waals surface area (Å²) in [5.74, 6) is -1.15. The van der Waals surface area contributed by atoms with E-state index in [-0.39, 0.29) is 30.2 Å². The zero-order valence-electron chi connectivity index (χ0n) is 24.0. The standard InChI is InChI=1S/C34H40N2O5S/c37-32(38)31-34(39,33(15-16-33)42(40,41)28-13-12-25-7-2-3-8-26(25)22-28)17-20-36(31)30-10-6-9-27-21-24(11-14-29(27)30)23-35-18-4-1-5-19-35/h2-3,7-8,11-14,21-22,30-31,39H,1,4-6,9-10,15-20,23H2,(H,37,38)/t30-,31?,34-/m1/s1. The van der Waals surface area contributed by atoms with E-state index >= 15 is 0 Å². The number of carbonyl (C=O) groups is 1. The summed E-state index contributed by atoms with van der Waals surface area (Å²) < 4.78 is 27.0. The average Bonchev–Trinajstić information content (AvgIpc) is 3.76. The number of aryl methyl sites for hydroxylation is 1. The molecular formula is C34H40N2O5S. The number of carboxylic acids is 1. The number of rotatable bonds is 7. The SMILES string of the molecule is O=C(O)C1N([C@@H]2CCCc3cc(CN4CCCCC4)ccc32)CC[C@]1(O)C1(S(=O)(=O)c2ccc3ccccc3c2)CC1. The van der Waals surface area contributed by atoms with Gasteiger partial charge in [0.1, 0.15) is 16.4 Å². The molecule has 0 spiro atoms. The topological polar surface area (TPSA) is 98.2 Å². The third-order valence-corrected chi connectivity index (χ3v) is 13.2. The van der Waals surface area contributed by atoms with Crippen molar-refractivity contribution in [2.45, 2.75) is 91.7 Å². The van der Waals surface area contributed by atoms with E-state index in [0.29, 0.717) is 6.54 Å². The Hall–Kier alpha value is -2.78. The molecule has 2 aliphatic carbocycles. The van der Waals surface area contributed by atoms with E-state index in [1.807, 2.05) is 29.2 Å². The number of likely N-dealkylation sites (tertiary alicyclic amines) is 2. The molecule has 3 aromatic rings. The normalized spacial score (nSPS) is 28.0. The van der Waals surface area contributed by atoms with Crippen LogP contribution in [0.15, 0.2) is 65.6 Å². The number of sulfone groups is 1. The first-order valence-electron chi connectivity index (χ1n) is 15.5. The van der Waals surface area contributed by atoms with Crippen LogP contribution in [-0.2, 0) is 27.6 Å². The molecule has 7 nitrogen and oxygen atoms in total. The lowest BCUT2D eigenvalue weighted by Crippen LogP contribution is -2.60. The van der Waals surface area contributed by atoms with E-state index in [1.54, 1.807) is 18.2 Å². The van der Waals surface area contributed by atoms with Crippen molar-refractivity contribution in [1.29, 1.82) is 0 Å². The van der Waals surface area contributed by atoms with Crippen LogP contribution in [0.4, 0.5) is 0 Å². The number of benzene rings is 3. The number of fused-ring (bicyclic) bond motifs is 2. The second-order valence-electron chi connectivity index (χ2n) is 12.9. The van der Waals surface area contributed by atoms with E-state index in [2.05, 4.69) is 23.1 Å². The number of carboxylic acid groups (broad SMARTS) is 1. The van der Waals surface area contributed by atoms with Crippen LogP contribution >= 0.6 is 0 Å². The Morgan fingerprint density at radius 1 is 0.881 bits per heavy atom. The maximum Gasteiger partial charge on any atom is 0.324 e. The Labute approximate surface area is 248 Å². The van der Waals surface area contributed by atoms with Crippen molar-refractivity contribution in [3.05, 3.63) is 77.4 Å². The van der Waals surface area contributed by atoms with E-state index in [9.17, 15) is 23.4 Å². The number of hydrogen-bond acceptors (Lipinski definition) is 6. The fourth-order valence-corrected chi connectivity index (χ4v) is 10.6. The van der Waals surface area contributed by atoms with Gasteiger partial charge in [-0.3, -0.25) is 14.6 Å². The first-order chi connectivity index (χ1) is 20.2. The summed E-state index contributed by atoms with van der Waals surface area (Å²) in [5.41, 5.74) is 1.80. The predicted octanol–water partition coefficient (Wildman–Crippen LogP) is 5.10. The zero-order chi connectivity index (χ0) is 29.1. The molecule has 2 heterocycles. The molecule has 2 aliphatic heterocycles. The molecule has 7 rings (SSSR count). The quantitative estimate of drug-likeness (QED) is 0.396. The number of aliphatic hydroxyl groups is 1. The highest BCUT2D eigenvalue weighted by Crippen LogP contribution is 2.60. The number of piperidine rings is 1. The molecule has 0 bridgehead atoms. The minimum absolute atomic E-state index is 0.121. The Balaban J connectivity index is 1.20. The Bertz CT molecular complexity index is 1630. The second-order valence-corrected chi connectivity index (χ2v) is 15.2. The van der Waals surface area contributed by atoms with Gasteiger partial charge in [-0.25, -0.2) is 8.42 Å². The molecular weight excluding hydrogens is 548 g/mol. The van der Waals surface area contributed by atoms with Crippen LogP contribution in [0.5, 0.6) is 0 Å². The van der Waals surface area contributed by atoms with Crippen molar-refractivity contribution in [3.8, 4) is 0 Å².